The van der Waals surface area contributed by atoms with Gasteiger partial charge in [0.2, 0.25) is 0 Å². The summed E-state index contributed by atoms with van der Waals surface area (Å²) in [5.41, 5.74) is 6.39. The summed E-state index contributed by atoms with van der Waals surface area (Å²) in [6.07, 6.45) is 0. The third-order valence-electron chi connectivity index (χ3n) is 5.17. The first kappa shape index (κ1) is 24.0. The Morgan fingerprint density at radius 3 is 2.63 bits per heavy atom. The van der Waals surface area contributed by atoms with Gasteiger partial charge in [-0.25, -0.2) is 4.79 Å². The molecule has 2 aromatic carbocycles. The summed E-state index contributed by atoms with van der Waals surface area (Å²) < 4.78 is 13.2. The standard InChI is InChI=1S/C24H23N5O5S/c1-15-7-6-10-17(11-15)33-13-19-26-27-23(34-19)35-14-18(30)20-21(25)29(24(32)28(2)22(20)31)12-16-8-4-3-5-9-16/h3-11H,12-14,25H2,1-2H3. The molecule has 2 heterocycles. The van der Waals surface area contributed by atoms with Gasteiger partial charge in [-0.15, -0.1) is 10.2 Å². The normalized spacial score (nSPS) is 10.9. The molecule has 0 aliphatic heterocycles. The van der Waals surface area contributed by atoms with E-state index in [4.69, 9.17) is 14.9 Å². The number of Topliss-reactive ketones (excluding diaryl/α,β-unsaturated/α-hetero) is 1. The molecular weight excluding hydrogens is 470 g/mol. The van der Waals surface area contributed by atoms with Crippen LogP contribution in [0.25, 0.3) is 0 Å². The number of ketones is 1. The van der Waals surface area contributed by atoms with E-state index in [1.165, 1.54) is 11.6 Å². The van der Waals surface area contributed by atoms with E-state index < -0.39 is 17.0 Å². The molecule has 0 atom stereocenters. The topological polar surface area (TPSA) is 135 Å². The zero-order valence-corrected chi connectivity index (χ0v) is 19.9. The van der Waals surface area contributed by atoms with Gasteiger partial charge in [0, 0.05) is 7.05 Å². The maximum absolute atomic E-state index is 12.9. The largest absolute Gasteiger partial charge is 0.484 e. The van der Waals surface area contributed by atoms with E-state index in [9.17, 15) is 14.4 Å². The van der Waals surface area contributed by atoms with Gasteiger partial charge in [-0.05, 0) is 30.2 Å². The number of nitrogens with zero attached hydrogens (tertiary/aromatic N) is 4. The molecule has 0 fully saturated rings. The first-order valence-corrected chi connectivity index (χ1v) is 11.6. The molecular formula is C24H23N5O5S. The number of aryl methyl sites for hydroxylation is 1. The van der Waals surface area contributed by atoms with Gasteiger partial charge in [-0.3, -0.25) is 18.7 Å². The van der Waals surface area contributed by atoms with Crippen LogP contribution >= 0.6 is 11.8 Å². The Morgan fingerprint density at radius 2 is 1.89 bits per heavy atom. The number of ether oxygens (including phenoxy) is 1. The van der Waals surface area contributed by atoms with E-state index in [2.05, 4.69) is 10.2 Å². The third kappa shape index (κ3) is 5.52. The van der Waals surface area contributed by atoms with Crippen LogP contribution in [-0.4, -0.2) is 30.9 Å². The quantitative estimate of drug-likeness (QED) is 0.275. The van der Waals surface area contributed by atoms with Crippen molar-refractivity contribution in [1.82, 2.24) is 19.3 Å². The summed E-state index contributed by atoms with van der Waals surface area (Å²) in [4.78, 5) is 38.3. The lowest BCUT2D eigenvalue weighted by Gasteiger charge is -2.14. The summed E-state index contributed by atoms with van der Waals surface area (Å²) in [6.45, 7) is 2.16. The van der Waals surface area contributed by atoms with Crippen LogP contribution in [0.15, 0.2) is 73.8 Å². The second-order valence-electron chi connectivity index (χ2n) is 7.76. The molecule has 0 saturated carbocycles. The van der Waals surface area contributed by atoms with Gasteiger partial charge in [-0.2, -0.15) is 0 Å². The Bertz CT molecular complexity index is 1480. The summed E-state index contributed by atoms with van der Waals surface area (Å²) in [5, 5.41) is 7.97. The molecule has 35 heavy (non-hydrogen) atoms. The van der Waals surface area contributed by atoms with Crippen LogP contribution in [-0.2, 0) is 20.2 Å². The maximum atomic E-state index is 12.9. The molecule has 2 aromatic heterocycles. The molecule has 0 unspecified atom stereocenters. The van der Waals surface area contributed by atoms with Crippen molar-refractivity contribution in [3.63, 3.8) is 0 Å². The first-order chi connectivity index (χ1) is 16.8. The van der Waals surface area contributed by atoms with Gasteiger partial charge in [-0.1, -0.05) is 54.2 Å². The minimum atomic E-state index is -0.750. The molecule has 0 saturated heterocycles. The van der Waals surface area contributed by atoms with Crippen molar-refractivity contribution in [2.45, 2.75) is 25.3 Å². The lowest BCUT2D eigenvalue weighted by molar-refractivity contribution is 0.102. The fraction of sp³-hybridized carbons (Fsp3) is 0.208. The molecule has 0 amide bonds. The second kappa shape index (κ2) is 10.4. The number of rotatable bonds is 9. The summed E-state index contributed by atoms with van der Waals surface area (Å²) in [7, 11) is 1.31. The zero-order valence-electron chi connectivity index (χ0n) is 19.1. The van der Waals surface area contributed by atoms with Crippen LogP contribution in [0, 0.1) is 6.92 Å². The molecule has 11 heteroatoms. The van der Waals surface area contributed by atoms with Crippen molar-refractivity contribution in [1.29, 1.82) is 0 Å². The van der Waals surface area contributed by atoms with Crippen molar-refractivity contribution < 1.29 is 13.9 Å². The van der Waals surface area contributed by atoms with E-state index in [0.29, 0.717) is 5.75 Å². The molecule has 4 aromatic rings. The van der Waals surface area contributed by atoms with Crippen LogP contribution in [0.2, 0.25) is 0 Å². The van der Waals surface area contributed by atoms with Crippen molar-refractivity contribution in [3.8, 4) is 5.75 Å². The number of anilines is 1. The summed E-state index contributed by atoms with van der Waals surface area (Å²) in [6, 6.07) is 16.7. The molecule has 180 valence electrons. The minimum absolute atomic E-state index is 0.0723. The fourth-order valence-corrected chi connectivity index (χ4v) is 4.02. The third-order valence-corrected chi connectivity index (χ3v) is 5.99. The number of hydrogen-bond acceptors (Lipinski definition) is 9. The Hall–Kier alpha value is -4.12. The average Bonchev–Trinajstić information content (AvgIpc) is 3.31. The highest BCUT2D eigenvalue weighted by molar-refractivity contribution is 7.99. The number of hydrogen-bond donors (Lipinski definition) is 1. The maximum Gasteiger partial charge on any atom is 0.332 e. The molecule has 10 nitrogen and oxygen atoms in total. The minimum Gasteiger partial charge on any atom is -0.484 e. The number of aromatic nitrogens is 4. The Balaban J connectivity index is 1.46. The number of thioether (sulfide) groups is 1. The molecule has 0 bridgehead atoms. The highest BCUT2D eigenvalue weighted by Crippen LogP contribution is 2.20. The van der Waals surface area contributed by atoms with Gasteiger partial charge in [0.25, 0.3) is 16.7 Å². The van der Waals surface area contributed by atoms with E-state index in [1.807, 2.05) is 61.5 Å². The highest BCUT2D eigenvalue weighted by Gasteiger charge is 2.22. The Kier molecular flexibility index (Phi) is 7.16. The first-order valence-electron chi connectivity index (χ1n) is 10.6. The van der Waals surface area contributed by atoms with Crippen LogP contribution < -0.4 is 21.7 Å². The van der Waals surface area contributed by atoms with Crippen molar-refractivity contribution in [2.75, 3.05) is 11.5 Å². The predicted octanol–water partition coefficient (Wildman–Crippen LogP) is 2.42. The molecule has 0 aliphatic carbocycles. The van der Waals surface area contributed by atoms with Gasteiger partial charge in [0.05, 0.1) is 12.3 Å². The summed E-state index contributed by atoms with van der Waals surface area (Å²) >= 11 is 0.969. The molecule has 0 radical (unpaired) electrons. The van der Waals surface area contributed by atoms with Crippen molar-refractivity contribution in [2.24, 2.45) is 7.05 Å². The fourth-order valence-electron chi connectivity index (χ4n) is 3.37. The smallest absolute Gasteiger partial charge is 0.332 e. The SMILES string of the molecule is Cc1cccc(OCc2nnc(SCC(=O)c3c(N)n(Cc4ccccc4)c(=O)n(C)c3=O)o2)c1. The Labute approximate surface area is 204 Å². The average molecular weight is 494 g/mol. The molecule has 0 aliphatic rings. The number of nitrogens with two attached hydrogens (primary N) is 1. The second-order valence-corrected chi connectivity index (χ2v) is 8.68. The van der Waals surface area contributed by atoms with E-state index >= 15 is 0 Å². The number of carbonyl (C=O) groups is 1. The van der Waals surface area contributed by atoms with Gasteiger partial charge >= 0.3 is 5.69 Å². The van der Waals surface area contributed by atoms with Crippen LogP contribution in [0.5, 0.6) is 5.75 Å². The van der Waals surface area contributed by atoms with E-state index in [-0.39, 0.29) is 41.4 Å². The van der Waals surface area contributed by atoms with Gasteiger partial charge < -0.3 is 14.9 Å². The zero-order chi connectivity index (χ0) is 24.9. The highest BCUT2D eigenvalue weighted by atomic mass is 32.2. The predicted molar refractivity (Wildman–Crippen MR) is 131 cm³/mol. The van der Waals surface area contributed by atoms with Crippen molar-refractivity contribution >= 4 is 23.4 Å². The van der Waals surface area contributed by atoms with Crippen LogP contribution in [0.4, 0.5) is 5.82 Å². The van der Waals surface area contributed by atoms with E-state index in [1.54, 1.807) is 0 Å². The number of benzene rings is 2. The number of carbonyl (C=O) groups excluding carboxylic acids is 1. The Morgan fingerprint density at radius 1 is 1.11 bits per heavy atom. The lowest BCUT2D eigenvalue weighted by Crippen LogP contribution is -2.43. The molecule has 2 N–H and O–H groups in total. The monoisotopic (exact) mass is 493 g/mol. The lowest BCUT2D eigenvalue weighted by atomic mass is 10.2. The van der Waals surface area contributed by atoms with Crippen LogP contribution in [0.3, 0.4) is 0 Å². The van der Waals surface area contributed by atoms with Crippen LogP contribution in [0.1, 0.15) is 27.4 Å². The summed E-state index contributed by atoms with van der Waals surface area (Å²) in [5.74, 6) is 0.0115. The number of nitrogen functional groups attached to an aromatic ring is 1. The van der Waals surface area contributed by atoms with Gasteiger partial charge in [0.15, 0.2) is 12.4 Å². The van der Waals surface area contributed by atoms with Gasteiger partial charge in [0.1, 0.15) is 17.1 Å². The van der Waals surface area contributed by atoms with Crippen molar-refractivity contribution in [3.05, 3.63) is 98.0 Å². The molecule has 0 spiro atoms. The van der Waals surface area contributed by atoms with E-state index in [0.717, 1.165) is 27.5 Å². The molecule has 4 rings (SSSR count).